The lowest BCUT2D eigenvalue weighted by molar-refractivity contribution is -0.139. The molecule has 0 aliphatic heterocycles. The van der Waals surface area contributed by atoms with Gasteiger partial charge < -0.3 is 11.1 Å². The molecule has 2 aromatic rings. The summed E-state index contributed by atoms with van der Waals surface area (Å²) < 4.78 is 41.3. The van der Waals surface area contributed by atoms with Crippen molar-refractivity contribution >= 4 is 62.7 Å². The molecular weight excluding hydrogens is 527 g/mol. The van der Waals surface area contributed by atoms with Crippen LogP contribution in [0.25, 0.3) is 6.08 Å². The third-order valence-corrected chi connectivity index (χ3v) is 5.87. The summed E-state index contributed by atoms with van der Waals surface area (Å²) in [5, 5.41) is 2.54. The highest BCUT2D eigenvalue weighted by Gasteiger charge is 2.39. The maximum atomic E-state index is 13.6. The minimum Gasteiger partial charge on any atom is -0.350 e. The minimum atomic E-state index is -4.58. The summed E-state index contributed by atoms with van der Waals surface area (Å²) in [6, 6.07) is 6.67. The summed E-state index contributed by atoms with van der Waals surface area (Å²) >= 11 is 20.9. The van der Waals surface area contributed by atoms with Crippen LogP contribution in [0.3, 0.4) is 0 Å². The second-order valence-electron chi connectivity index (χ2n) is 6.60. The molecule has 30 heavy (non-hydrogen) atoms. The molecule has 2 unspecified atom stereocenters. The number of amides is 1. The fourth-order valence-corrected chi connectivity index (χ4v) is 3.73. The van der Waals surface area contributed by atoms with E-state index in [0.29, 0.717) is 22.1 Å². The van der Waals surface area contributed by atoms with Crippen LogP contribution in [0.5, 0.6) is 0 Å². The van der Waals surface area contributed by atoms with E-state index in [0.717, 1.165) is 18.2 Å². The summed E-state index contributed by atoms with van der Waals surface area (Å²) in [4.78, 5) is 12.2. The second-order valence-corrected chi connectivity index (χ2v) is 8.65. The monoisotopic (exact) mass is 542 g/mol. The number of alkyl halides is 3. The van der Waals surface area contributed by atoms with Crippen LogP contribution < -0.4 is 11.1 Å². The lowest BCUT2D eigenvalue weighted by atomic mass is 9.97. The van der Waals surface area contributed by atoms with Gasteiger partial charge in [0.1, 0.15) is 0 Å². The summed E-state index contributed by atoms with van der Waals surface area (Å²) in [6.07, 6.45) is -2.27. The number of nitrogens with two attached hydrogens (primary N) is 1. The van der Waals surface area contributed by atoms with Crippen LogP contribution in [-0.4, -0.2) is 24.7 Å². The van der Waals surface area contributed by atoms with Crippen molar-refractivity contribution in [1.82, 2.24) is 5.32 Å². The first-order chi connectivity index (χ1) is 13.9. The quantitative estimate of drug-likeness (QED) is 0.391. The van der Waals surface area contributed by atoms with Crippen LogP contribution in [0.1, 0.15) is 34.3 Å². The van der Waals surface area contributed by atoms with E-state index in [1.54, 1.807) is 13.0 Å². The predicted molar refractivity (Wildman–Crippen MR) is 119 cm³/mol. The molecule has 0 heterocycles. The standard InChI is InChI=1S/C20H17BrCl3F3N2O/c1-10(28)9-29-19(30)13-4-2-11(6-15(13)21)3-5-14(20(25,26)27)12-7-16(22)18(24)17(23)8-12/h2-8,10,14H,9,28H2,1H3,(H,29,30)/b5-3+. The zero-order valence-electron chi connectivity index (χ0n) is 15.5. The Bertz CT molecular complexity index is 942. The van der Waals surface area contributed by atoms with Gasteiger partial charge in [0.05, 0.1) is 26.5 Å². The van der Waals surface area contributed by atoms with Crippen molar-refractivity contribution in [3.63, 3.8) is 0 Å². The lowest BCUT2D eigenvalue weighted by Crippen LogP contribution is -2.35. The molecule has 162 valence electrons. The Morgan fingerprint density at radius 2 is 1.80 bits per heavy atom. The number of carbonyl (C=O) groups is 1. The average molecular weight is 545 g/mol. The predicted octanol–water partition coefficient (Wildman–Crippen LogP) is 6.85. The number of hydrogen-bond acceptors (Lipinski definition) is 2. The molecule has 2 atom stereocenters. The van der Waals surface area contributed by atoms with Crippen molar-refractivity contribution in [1.29, 1.82) is 0 Å². The fraction of sp³-hybridized carbons (Fsp3) is 0.250. The molecule has 0 fully saturated rings. The Kier molecular flexibility index (Phi) is 8.65. The Hall–Kier alpha value is -1.25. The molecule has 2 rings (SSSR count). The molecule has 0 radical (unpaired) electrons. The number of halogens is 7. The molecule has 0 spiro atoms. The molecule has 10 heteroatoms. The Labute approximate surface area is 195 Å². The maximum Gasteiger partial charge on any atom is 0.399 e. The van der Waals surface area contributed by atoms with Gasteiger partial charge >= 0.3 is 6.18 Å². The topological polar surface area (TPSA) is 55.1 Å². The third kappa shape index (κ3) is 6.62. The van der Waals surface area contributed by atoms with Gasteiger partial charge in [-0.05, 0) is 58.2 Å². The highest BCUT2D eigenvalue weighted by atomic mass is 79.9. The Morgan fingerprint density at radius 1 is 1.20 bits per heavy atom. The number of hydrogen-bond donors (Lipinski definition) is 2. The number of benzene rings is 2. The van der Waals surface area contributed by atoms with E-state index >= 15 is 0 Å². The molecule has 3 nitrogen and oxygen atoms in total. The first kappa shape index (κ1) is 25.0. The number of nitrogens with one attached hydrogen (secondary N) is 1. The van der Waals surface area contributed by atoms with Crippen molar-refractivity contribution < 1.29 is 18.0 Å². The van der Waals surface area contributed by atoms with Crippen molar-refractivity contribution in [2.24, 2.45) is 5.73 Å². The normalized spacial score (nSPS) is 14.0. The highest BCUT2D eigenvalue weighted by Crippen LogP contribution is 2.41. The van der Waals surface area contributed by atoms with Gasteiger partial charge in [-0.15, -0.1) is 0 Å². The van der Waals surface area contributed by atoms with E-state index in [1.165, 1.54) is 18.2 Å². The fourth-order valence-electron chi connectivity index (χ4n) is 2.54. The summed E-state index contributed by atoms with van der Waals surface area (Å²) in [7, 11) is 0. The molecule has 0 bridgehead atoms. The molecule has 0 saturated carbocycles. The van der Waals surface area contributed by atoms with Crippen molar-refractivity contribution in [2.45, 2.75) is 25.1 Å². The van der Waals surface area contributed by atoms with E-state index in [-0.39, 0.29) is 32.6 Å². The maximum absolute atomic E-state index is 13.6. The smallest absolute Gasteiger partial charge is 0.350 e. The second kappa shape index (κ2) is 10.4. The minimum absolute atomic E-state index is 0.00573. The van der Waals surface area contributed by atoms with E-state index in [9.17, 15) is 18.0 Å². The molecular formula is C20H17BrCl3F3N2O. The van der Waals surface area contributed by atoms with E-state index in [4.69, 9.17) is 40.5 Å². The van der Waals surface area contributed by atoms with Crippen LogP contribution in [-0.2, 0) is 0 Å². The summed E-state index contributed by atoms with van der Waals surface area (Å²) in [6.45, 7) is 2.05. The summed E-state index contributed by atoms with van der Waals surface area (Å²) in [5.41, 5.74) is 6.28. The Morgan fingerprint density at radius 3 is 2.30 bits per heavy atom. The van der Waals surface area contributed by atoms with Crippen molar-refractivity contribution in [3.05, 3.63) is 72.6 Å². The largest absolute Gasteiger partial charge is 0.399 e. The average Bonchev–Trinajstić information content (AvgIpc) is 2.63. The molecule has 0 aliphatic carbocycles. The number of carbonyl (C=O) groups excluding carboxylic acids is 1. The number of rotatable bonds is 6. The van der Waals surface area contributed by atoms with Crippen LogP contribution >= 0.6 is 50.7 Å². The van der Waals surface area contributed by atoms with Gasteiger partial charge in [-0.3, -0.25) is 4.79 Å². The van der Waals surface area contributed by atoms with Crippen LogP contribution in [0, 0.1) is 0 Å². The first-order valence-corrected chi connectivity index (χ1v) is 10.6. The molecule has 0 aliphatic rings. The zero-order chi connectivity index (χ0) is 22.6. The van der Waals surface area contributed by atoms with Crippen molar-refractivity contribution in [2.75, 3.05) is 6.54 Å². The van der Waals surface area contributed by atoms with Crippen LogP contribution in [0.2, 0.25) is 15.1 Å². The van der Waals surface area contributed by atoms with Crippen LogP contribution in [0.15, 0.2) is 40.9 Å². The summed E-state index contributed by atoms with van der Waals surface area (Å²) in [5.74, 6) is -2.29. The SMILES string of the molecule is CC(N)CNC(=O)c1ccc(/C=C/C(c2cc(Cl)c(Cl)c(Cl)c2)C(F)(F)F)cc1Br. The lowest BCUT2D eigenvalue weighted by Gasteiger charge is -2.18. The van der Waals surface area contributed by atoms with Crippen molar-refractivity contribution in [3.8, 4) is 0 Å². The van der Waals surface area contributed by atoms with Gasteiger partial charge in [0.15, 0.2) is 0 Å². The van der Waals surface area contributed by atoms with Gasteiger partial charge in [-0.25, -0.2) is 0 Å². The van der Waals surface area contributed by atoms with Crippen LogP contribution in [0.4, 0.5) is 13.2 Å². The van der Waals surface area contributed by atoms with E-state index in [1.807, 2.05) is 0 Å². The van der Waals surface area contributed by atoms with Gasteiger partial charge in [0, 0.05) is 17.1 Å². The Balaban J connectivity index is 2.30. The zero-order valence-corrected chi connectivity index (χ0v) is 19.4. The molecule has 2 aromatic carbocycles. The molecule has 0 saturated heterocycles. The molecule has 0 aromatic heterocycles. The first-order valence-electron chi connectivity index (χ1n) is 8.62. The van der Waals surface area contributed by atoms with Gasteiger partial charge in [-0.1, -0.05) is 53.0 Å². The highest BCUT2D eigenvalue weighted by molar-refractivity contribution is 9.10. The van der Waals surface area contributed by atoms with E-state index < -0.39 is 12.1 Å². The van der Waals surface area contributed by atoms with E-state index in [2.05, 4.69) is 21.2 Å². The third-order valence-electron chi connectivity index (χ3n) is 4.02. The molecule has 1 amide bonds. The van der Waals surface area contributed by atoms with Gasteiger partial charge in [-0.2, -0.15) is 13.2 Å². The number of allylic oxidation sites excluding steroid dienone is 1. The van der Waals surface area contributed by atoms with Gasteiger partial charge in [0.25, 0.3) is 5.91 Å². The molecule has 3 N–H and O–H groups in total. The van der Waals surface area contributed by atoms with Gasteiger partial charge in [0.2, 0.25) is 0 Å².